The predicted octanol–water partition coefficient (Wildman–Crippen LogP) is 6.03. The topological polar surface area (TPSA) is 35.8 Å². The van der Waals surface area contributed by atoms with E-state index in [1.54, 1.807) is 0 Å². The first kappa shape index (κ1) is 16.2. The van der Waals surface area contributed by atoms with E-state index in [2.05, 4.69) is 11.4 Å². The molecule has 0 saturated carbocycles. The third kappa shape index (κ3) is 3.71. The van der Waals surface area contributed by atoms with Crippen molar-refractivity contribution in [1.29, 1.82) is 5.26 Å². The smallest absolute Gasteiger partial charge is 0.0996 e. The Morgan fingerprint density at radius 3 is 2.33 bits per heavy atom. The molecule has 1 unspecified atom stereocenters. The van der Waals surface area contributed by atoms with E-state index in [9.17, 15) is 0 Å². The molecule has 2 aromatic rings. The quantitative estimate of drug-likeness (QED) is 0.738. The third-order valence-electron chi connectivity index (χ3n) is 3.42. The molecule has 0 spiro atoms. The van der Waals surface area contributed by atoms with Crippen molar-refractivity contribution in [2.24, 2.45) is 0 Å². The Hall–Kier alpha value is -1.21. The van der Waals surface area contributed by atoms with E-state index in [-0.39, 0.29) is 6.04 Å². The second-order valence-corrected chi connectivity index (χ2v) is 7.75. The first-order valence-electron chi connectivity index (χ1n) is 6.56. The van der Waals surface area contributed by atoms with Crippen LogP contribution in [-0.2, 0) is 5.41 Å². The van der Waals surface area contributed by atoms with Crippen LogP contribution in [0.4, 0.5) is 5.69 Å². The van der Waals surface area contributed by atoms with E-state index in [0.717, 1.165) is 16.8 Å². The number of hydrogen-bond acceptors (Lipinski definition) is 3. The molecule has 1 aromatic carbocycles. The number of anilines is 1. The van der Waals surface area contributed by atoms with Gasteiger partial charge < -0.3 is 5.32 Å². The molecule has 5 heteroatoms. The Kier molecular flexibility index (Phi) is 4.83. The molecule has 0 fully saturated rings. The van der Waals surface area contributed by atoms with E-state index >= 15 is 0 Å². The van der Waals surface area contributed by atoms with Gasteiger partial charge in [-0.3, -0.25) is 0 Å². The second-order valence-electron chi connectivity index (χ2n) is 5.46. The highest BCUT2D eigenvalue weighted by Crippen LogP contribution is 2.36. The van der Waals surface area contributed by atoms with Gasteiger partial charge in [0, 0.05) is 11.3 Å². The zero-order valence-electron chi connectivity index (χ0n) is 12.1. The van der Waals surface area contributed by atoms with Crippen molar-refractivity contribution < 1.29 is 0 Å². The minimum Gasteiger partial charge on any atom is -0.378 e. The number of benzene rings is 1. The molecule has 0 aliphatic rings. The monoisotopic (exact) mass is 338 g/mol. The van der Waals surface area contributed by atoms with Gasteiger partial charge in [0.05, 0.1) is 26.2 Å². The number of rotatable bonds is 4. The molecule has 0 radical (unpaired) electrons. The summed E-state index contributed by atoms with van der Waals surface area (Å²) in [6.45, 7) is 5.85. The average Bonchev–Trinajstić information content (AvgIpc) is 2.78. The number of nitrogens with zero attached hydrogens (tertiary/aromatic N) is 1. The summed E-state index contributed by atoms with van der Waals surface area (Å²) in [5, 5.41) is 12.5. The molecule has 0 saturated heterocycles. The Morgan fingerprint density at radius 2 is 1.86 bits per heavy atom. The van der Waals surface area contributed by atoms with E-state index in [0.29, 0.717) is 8.67 Å². The lowest BCUT2D eigenvalue weighted by atomic mass is 9.86. The Morgan fingerprint density at radius 1 is 1.24 bits per heavy atom. The molecule has 110 valence electrons. The number of halogens is 2. The molecule has 0 aliphatic heterocycles. The van der Waals surface area contributed by atoms with Crippen LogP contribution >= 0.6 is 34.5 Å². The highest BCUT2D eigenvalue weighted by molar-refractivity contribution is 7.20. The predicted molar refractivity (Wildman–Crippen MR) is 91.5 cm³/mol. The molecule has 0 aliphatic carbocycles. The van der Waals surface area contributed by atoms with Gasteiger partial charge in [-0.15, -0.1) is 11.3 Å². The van der Waals surface area contributed by atoms with Gasteiger partial charge in [-0.05, 0) is 44.5 Å². The van der Waals surface area contributed by atoms with Crippen LogP contribution in [0.2, 0.25) is 8.67 Å². The maximum atomic E-state index is 9.15. The highest BCUT2D eigenvalue weighted by Gasteiger charge is 2.19. The number of nitrogens with one attached hydrogen (secondary N) is 1. The van der Waals surface area contributed by atoms with Crippen LogP contribution in [0.3, 0.4) is 0 Å². The van der Waals surface area contributed by atoms with Crippen molar-refractivity contribution in [2.45, 2.75) is 32.2 Å². The van der Waals surface area contributed by atoms with Crippen LogP contribution in [0.15, 0.2) is 30.3 Å². The molecule has 0 bridgehead atoms. The molecule has 1 N–H and O–H groups in total. The number of nitriles is 1. The van der Waals surface area contributed by atoms with E-state index in [1.807, 2.05) is 51.1 Å². The first-order valence-corrected chi connectivity index (χ1v) is 8.14. The zero-order valence-corrected chi connectivity index (χ0v) is 14.4. The van der Waals surface area contributed by atoms with Crippen LogP contribution < -0.4 is 5.32 Å². The third-order valence-corrected chi connectivity index (χ3v) is 4.94. The molecule has 1 atom stereocenters. The van der Waals surface area contributed by atoms with Crippen LogP contribution in [0.25, 0.3) is 0 Å². The summed E-state index contributed by atoms with van der Waals surface area (Å²) in [4.78, 5) is 0. The fraction of sp³-hybridized carbons (Fsp3) is 0.312. The molecule has 21 heavy (non-hydrogen) atoms. The summed E-state index contributed by atoms with van der Waals surface area (Å²) in [7, 11) is 0. The van der Waals surface area contributed by atoms with Gasteiger partial charge in [0.25, 0.3) is 0 Å². The largest absolute Gasteiger partial charge is 0.378 e. The lowest BCUT2D eigenvalue weighted by molar-refractivity contribution is 0.687. The molecule has 1 aromatic heterocycles. The van der Waals surface area contributed by atoms with Gasteiger partial charge in [0.2, 0.25) is 0 Å². The fourth-order valence-corrected chi connectivity index (χ4v) is 3.67. The number of hydrogen-bond donors (Lipinski definition) is 1. The van der Waals surface area contributed by atoms with Gasteiger partial charge in [-0.2, -0.15) is 5.26 Å². The molecule has 0 amide bonds. The maximum Gasteiger partial charge on any atom is 0.0996 e. The van der Waals surface area contributed by atoms with Crippen LogP contribution in [0.5, 0.6) is 0 Å². The Labute approximate surface area is 139 Å². The molecular weight excluding hydrogens is 323 g/mol. The lowest BCUT2D eigenvalue weighted by Gasteiger charge is -2.18. The fourth-order valence-electron chi connectivity index (χ4n) is 2.02. The van der Waals surface area contributed by atoms with Crippen molar-refractivity contribution >= 4 is 40.2 Å². The van der Waals surface area contributed by atoms with Gasteiger partial charge in [0.1, 0.15) is 0 Å². The zero-order chi connectivity index (χ0) is 15.6. The van der Waals surface area contributed by atoms with Gasteiger partial charge in [0.15, 0.2) is 0 Å². The highest BCUT2D eigenvalue weighted by atomic mass is 35.5. The first-order chi connectivity index (χ1) is 9.83. The van der Waals surface area contributed by atoms with Crippen LogP contribution in [-0.4, -0.2) is 0 Å². The minimum atomic E-state index is -0.478. The van der Waals surface area contributed by atoms with Crippen molar-refractivity contribution in [2.75, 3.05) is 5.32 Å². The van der Waals surface area contributed by atoms with Crippen molar-refractivity contribution in [3.63, 3.8) is 0 Å². The molecule has 1 heterocycles. The van der Waals surface area contributed by atoms with E-state index in [1.165, 1.54) is 11.3 Å². The summed E-state index contributed by atoms with van der Waals surface area (Å²) >= 11 is 13.5. The molecule has 2 rings (SSSR count). The van der Waals surface area contributed by atoms with Gasteiger partial charge >= 0.3 is 0 Å². The normalized spacial score (nSPS) is 12.8. The van der Waals surface area contributed by atoms with E-state index < -0.39 is 5.41 Å². The van der Waals surface area contributed by atoms with Crippen molar-refractivity contribution in [1.82, 2.24) is 0 Å². The SMILES string of the molecule is CC(Nc1ccc(C(C)(C)C#N)cc1)c1cc(Cl)sc1Cl. The van der Waals surface area contributed by atoms with Crippen LogP contribution in [0, 0.1) is 11.3 Å². The van der Waals surface area contributed by atoms with Gasteiger partial charge in [-0.1, -0.05) is 35.3 Å². The summed E-state index contributed by atoms with van der Waals surface area (Å²) < 4.78 is 1.40. The molecule has 2 nitrogen and oxygen atoms in total. The summed E-state index contributed by atoms with van der Waals surface area (Å²) in [6.07, 6.45) is 0. The standard InChI is InChI=1S/C16H16Cl2N2S/c1-10(13-8-14(17)21-15(13)18)20-12-6-4-11(5-7-12)16(2,3)9-19/h4-8,10,20H,1-3H3. The average molecular weight is 339 g/mol. The van der Waals surface area contributed by atoms with Gasteiger partial charge in [-0.25, -0.2) is 0 Å². The lowest BCUT2D eigenvalue weighted by Crippen LogP contribution is -2.13. The van der Waals surface area contributed by atoms with Crippen molar-refractivity contribution in [3.8, 4) is 6.07 Å². The van der Waals surface area contributed by atoms with Crippen molar-refractivity contribution in [3.05, 3.63) is 50.1 Å². The summed E-state index contributed by atoms with van der Waals surface area (Å²) in [6, 6.07) is 12.2. The second kappa shape index (κ2) is 6.27. The minimum absolute atomic E-state index is 0.0658. The number of thiophene rings is 1. The summed E-state index contributed by atoms with van der Waals surface area (Å²) in [5.41, 5.74) is 2.50. The molecular formula is C16H16Cl2N2S. The van der Waals surface area contributed by atoms with Crippen LogP contribution in [0.1, 0.15) is 37.9 Å². The maximum absolute atomic E-state index is 9.15. The summed E-state index contributed by atoms with van der Waals surface area (Å²) in [5.74, 6) is 0. The van der Waals surface area contributed by atoms with E-state index in [4.69, 9.17) is 28.5 Å². The Balaban J connectivity index is 2.14. The Bertz CT molecular complexity index is 669.